The number of hydrogen-bond acceptors (Lipinski definition) is 4. The van der Waals surface area contributed by atoms with Crippen molar-refractivity contribution in [2.45, 2.75) is 44.6 Å². The van der Waals surface area contributed by atoms with Crippen LogP contribution in [0.1, 0.15) is 44.6 Å². The fourth-order valence-corrected chi connectivity index (χ4v) is 2.87. The van der Waals surface area contributed by atoms with E-state index >= 15 is 0 Å². The Morgan fingerprint density at radius 3 is 2.75 bits per heavy atom. The molecule has 1 aliphatic carbocycles. The molecule has 1 aliphatic rings. The highest BCUT2D eigenvalue weighted by Crippen LogP contribution is 2.34. The van der Waals surface area contributed by atoms with E-state index in [1.165, 1.54) is 6.42 Å². The summed E-state index contributed by atoms with van der Waals surface area (Å²) >= 11 is 0. The van der Waals surface area contributed by atoms with Crippen LogP contribution in [0.4, 0.5) is 11.4 Å². The average Bonchev–Trinajstić information content (AvgIpc) is 2.46. The Balaban J connectivity index is 1.97. The molecule has 1 fully saturated rings. The summed E-state index contributed by atoms with van der Waals surface area (Å²) < 4.78 is 0. The van der Waals surface area contributed by atoms with E-state index in [4.69, 9.17) is 11.0 Å². The second-order valence-electron chi connectivity index (χ2n) is 5.85. The van der Waals surface area contributed by atoms with Crippen LogP contribution in [0.3, 0.4) is 0 Å². The normalized spacial score (nSPS) is 25.9. The minimum Gasteiger partial charge on any atom is -0.399 e. The Kier molecular flexibility index (Phi) is 4.51. The van der Waals surface area contributed by atoms with Crippen molar-refractivity contribution in [2.24, 2.45) is 5.92 Å². The fourth-order valence-electron chi connectivity index (χ4n) is 2.87. The van der Waals surface area contributed by atoms with Gasteiger partial charge in [-0.25, -0.2) is 0 Å². The summed E-state index contributed by atoms with van der Waals surface area (Å²) in [4.78, 5) is 0. The van der Waals surface area contributed by atoms with Crippen LogP contribution in [-0.2, 0) is 0 Å². The lowest BCUT2D eigenvalue weighted by Crippen LogP contribution is -2.40. The van der Waals surface area contributed by atoms with Crippen molar-refractivity contribution in [3.05, 3.63) is 23.8 Å². The summed E-state index contributed by atoms with van der Waals surface area (Å²) in [6.07, 6.45) is 5.02. The molecule has 4 heteroatoms. The highest BCUT2D eigenvalue weighted by molar-refractivity contribution is 5.63. The van der Waals surface area contributed by atoms with Crippen molar-refractivity contribution < 1.29 is 5.11 Å². The molecule has 0 radical (unpaired) electrons. The van der Waals surface area contributed by atoms with E-state index in [1.54, 1.807) is 18.2 Å². The topological polar surface area (TPSA) is 82.1 Å². The van der Waals surface area contributed by atoms with Gasteiger partial charge in [0.2, 0.25) is 0 Å². The number of anilines is 2. The molecule has 1 saturated carbocycles. The van der Waals surface area contributed by atoms with E-state index < -0.39 is 5.60 Å². The highest BCUT2D eigenvalue weighted by atomic mass is 16.3. The molecule has 0 unspecified atom stereocenters. The zero-order valence-corrected chi connectivity index (χ0v) is 12.0. The number of rotatable bonds is 4. The van der Waals surface area contributed by atoms with Gasteiger partial charge in [-0.15, -0.1) is 0 Å². The molecule has 0 aliphatic heterocycles. The molecule has 4 nitrogen and oxygen atoms in total. The average molecular weight is 273 g/mol. The standard InChI is InChI=1S/C16H23N3O/c1-2-12-5-7-16(20,8-6-12)11-19-15-4-3-14(18)9-13(15)10-17/h3-4,9,12,19-20H,2,5-8,11,18H2,1H3. The minimum atomic E-state index is -0.653. The van der Waals surface area contributed by atoms with Gasteiger partial charge in [0.25, 0.3) is 0 Å². The summed E-state index contributed by atoms with van der Waals surface area (Å²) in [5, 5.41) is 22.9. The molecule has 2 rings (SSSR count). The maximum absolute atomic E-state index is 10.6. The predicted molar refractivity (Wildman–Crippen MR) is 81.3 cm³/mol. The Morgan fingerprint density at radius 1 is 1.45 bits per heavy atom. The SMILES string of the molecule is CCC1CCC(O)(CNc2ccc(N)cc2C#N)CC1. The highest BCUT2D eigenvalue weighted by Gasteiger charge is 2.32. The first-order valence-corrected chi connectivity index (χ1v) is 7.32. The quantitative estimate of drug-likeness (QED) is 0.737. The Labute approximate surface area is 120 Å². The number of benzene rings is 1. The van der Waals surface area contributed by atoms with E-state index in [0.29, 0.717) is 17.8 Å². The van der Waals surface area contributed by atoms with Crippen LogP contribution >= 0.6 is 0 Å². The Hall–Kier alpha value is -1.73. The van der Waals surface area contributed by atoms with E-state index in [0.717, 1.165) is 37.3 Å². The van der Waals surface area contributed by atoms with Gasteiger partial charge < -0.3 is 16.2 Å². The van der Waals surface area contributed by atoms with Gasteiger partial charge in [-0.3, -0.25) is 0 Å². The number of hydrogen-bond donors (Lipinski definition) is 3. The van der Waals surface area contributed by atoms with E-state index in [1.807, 2.05) is 0 Å². The Morgan fingerprint density at radius 2 is 2.15 bits per heavy atom. The molecule has 0 saturated heterocycles. The van der Waals surface area contributed by atoms with Gasteiger partial charge in [0.05, 0.1) is 16.9 Å². The van der Waals surface area contributed by atoms with Gasteiger partial charge in [-0.2, -0.15) is 5.26 Å². The van der Waals surface area contributed by atoms with Crippen molar-refractivity contribution in [1.82, 2.24) is 0 Å². The number of nitrogens with one attached hydrogen (secondary N) is 1. The molecule has 0 spiro atoms. The summed E-state index contributed by atoms with van der Waals surface area (Å²) in [5.41, 5.74) is 6.86. The molecule has 0 heterocycles. The van der Waals surface area contributed by atoms with Gasteiger partial charge in [0.15, 0.2) is 0 Å². The summed E-state index contributed by atoms with van der Waals surface area (Å²) in [5.74, 6) is 0.751. The predicted octanol–water partition coefficient (Wildman–Crippen LogP) is 2.88. The van der Waals surface area contributed by atoms with Crippen molar-refractivity contribution in [1.29, 1.82) is 5.26 Å². The number of nitrogens with two attached hydrogens (primary N) is 1. The van der Waals surface area contributed by atoms with E-state index in [9.17, 15) is 5.11 Å². The monoisotopic (exact) mass is 273 g/mol. The molecule has 0 aromatic heterocycles. The van der Waals surface area contributed by atoms with Crippen molar-refractivity contribution in [3.8, 4) is 6.07 Å². The number of aliphatic hydroxyl groups is 1. The van der Waals surface area contributed by atoms with Crippen LogP contribution in [0, 0.1) is 17.2 Å². The largest absolute Gasteiger partial charge is 0.399 e. The van der Waals surface area contributed by atoms with E-state index in [-0.39, 0.29) is 0 Å². The maximum atomic E-state index is 10.6. The number of nitriles is 1. The zero-order chi connectivity index (χ0) is 14.6. The lowest BCUT2D eigenvalue weighted by Gasteiger charge is -2.36. The first-order chi connectivity index (χ1) is 9.56. The third-order valence-corrected chi connectivity index (χ3v) is 4.39. The first-order valence-electron chi connectivity index (χ1n) is 7.32. The van der Waals surface area contributed by atoms with Crippen molar-refractivity contribution in [2.75, 3.05) is 17.6 Å². The molecular formula is C16H23N3O. The molecule has 108 valence electrons. The van der Waals surface area contributed by atoms with Gasteiger partial charge in [0.1, 0.15) is 6.07 Å². The zero-order valence-electron chi connectivity index (χ0n) is 12.0. The molecule has 20 heavy (non-hydrogen) atoms. The molecular weight excluding hydrogens is 250 g/mol. The third-order valence-electron chi connectivity index (χ3n) is 4.39. The smallest absolute Gasteiger partial charge is 0.101 e. The number of nitrogen functional groups attached to an aromatic ring is 1. The van der Waals surface area contributed by atoms with Crippen molar-refractivity contribution in [3.63, 3.8) is 0 Å². The first kappa shape index (κ1) is 14.7. The molecule has 0 atom stereocenters. The molecule has 0 amide bonds. The summed E-state index contributed by atoms with van der Waals surface area (Å²) in [7, 11) is 0. The van der Waals surface area contributed by atoms with Crippen LogP contribution in [0.2, 0.25) is 0 Å². The fraction of sp³-hybridized carbons (Fsp3) is 0.562. The number of nitrogens with zero attached hydrogens (tertiary/aromatic N) is 1. The van der Waals surface area contributed by atoms with E-state index in [2.05, 4.69) is 18.3 Å². The second kappa shape index (κ2) is 6.15. The third kappa shape index (κ3) is 3.43. The molecule has 1 aromatic rings. The van der Waals surface area contributed by atoms with Crippen LogP contribution in [0.25, 0.3) is 0 Å². The van der Waals surface area contributed by atoms with Crippen LogP contribution in [-0.4, -0.2) is 17.3 Å². The van der Waals surface area contributed by atoms with Gasteiger partial charge in [-0.1, -0.05) is 13.3 Å². The van der Waals surface area contributed by atoms with Gasteiger partial charge >= 0.3 is 0 Å². The minimum absolute atomic E-state index is 0.488. The van der Waals surface area contributed by atoms with Crippen LogP contribution < -0.4 is 11.1 Å². The van der Waals surface area contributed by atoms with Crippen LogP contribution in [0.15, 0.2) is 18.2 Å². The maximum Gasteiger partial charge on any atom is 0.101 e. The van der Waals surface area contributed by atoms with Crippen molar-refractivity contribution >= 4 is 11.4 Å². The second-order valence-corrected chi connectivity index (χ2v) is 5.85. The molecule has 0 bridgehead atoms. The summed E-state index contributed by atoms with van der Waals surface area (Å²) in [6, 6.07) is 7.35. The summed E-state index contributed by atoms with van der Waals surface area (Å²) in [6.45, 7) is 2.70. The Bertz CT molecular complexity index is 499. The molecule has 1 aromatic carbocycles. The lowest BCUT2D eigenvalue weighted by molar-refractivity contribution is 0.00229. The van der Waals surface area contributed by atoms with Gasteiger partial charge in [-0.05, 0) is 49.8 Å². The lowest BCUT2D eigenvalue weighted by atomic mass is 9.78. The van der Waals surface area contributed by atoms with Crippen LogP contribution in [0.5, 0.6) is 0 Å². The molecule has 4 N–H and O–H groups in total. The van der Waals surface area contributed by atoms with Gasteiger partial charge in [0, 0.05) is 12.2 Å².